The lowest BCUT2D eigenvalue weighted by atomic mass is 9.81. The molecule has 2 heterocycles. The number of imide groups is 1. The lowest BCUT2D eigenvalue weighted by Crippen LogP contribution is -2.45. The van der Waals surface area contributed by atoms with Crippen molar-refractivity contribution in [3.8, 4) is 0 Å². The molecule has 144 valence electrons. The molecule has 2 bridgehead atoms. The third-order valence-corrected chi connectivity index (χ3v) is 6.62. The number of carbonyl (C=O) groups is 3. The summed E-state index contributed by atoms with van der Waals surface area (Å²) in [5.41, 5.74) is 1.70. The van der Waals surface area contributed by atoms with Gasteiger partial charge in [-0.3, -0.25) is 24.2 Å². The zero-order valence-corrected chi connectivity index (χ0v) is 15.7. The van der Waals surface area contributed by atoms with Gasteiger partial charge in [0.25, 0.3) is 5.91 Å². The molecule has 3 amide bonds. The van der Waals surface area contributed by atoms with Gasteiger partial charge in [0.05, 0.1) is 18.1 Å². The van der Waals surface area contributed by atoms with Crippen LogP contribution < -0.4 is 4.90 Å². The molecule has 0 unspecified atom stereocenters. The standard InChI is InChI=1S/C22H22N2O4/c1-13-4-8-16(9-5-13)23(20(25)17-3-2-10-28-17)12-24-21(26)18-14-6-7-15(11-14)19(18)22(24)27/h2-5,8-10,14-15,18-19H,6-7,11-12H2,1H3/t14-,15-,18-,19-/m0/s1. The Labute approximate surface area is 163 Å². The largest absolute Gasteiger partial charge is 0.459 e. The van der Waals surface area contributed by atoms with Crippen molar-refractivity contribution in [1.82, 2.24) is 4.90 Å². The lowest BCUT2D eigenvalue weighted by Gasteiger charge is -2.27. The smallest absolute Gasteiger partial charge is 0.295 e. The molecule has 0 radical (unpaired) electrons. The van der Waals surface area contributed by atoms with Crippen LogP contribution in [0.1, 0.15) is 35.4 Å². The monoisotopic (exact) mass is 378 g/mol. The van der Waals surface area contributed by atoms with Crippen LogP contribution in [0.5, 0.6) is 0 Å². The summed E-state index contributed by atoms with van der Waals surface area (Å²) in [4.78, 5) is 41.9. The maximum absolute atomic E-state index is 13.1. The van der Waals surface area contributed by atoms with E-state index in [9.17, 15) is 14.4 Å². The van der Waals surface area contributed by atoms with Crippen LogP contribution in [0.2, 0.25) is 0 Å². The molecule has 1 aliphatic heterocycles. The molecular formula is C22H22N2O4. The van der Waals surface area contributed by atoms with Crippen molar-refractivity contribution in [2.75, 3.05) is 11.6 Å². The number of rotatable bonds is 4. The number of nitrogens with zero attached hydrogens (tertiary/aromatic N) is 2. The lowest BCUT2D eigenvalue weighted by molar-refractivity contribution is -0.140. The number of anilines is 1. The summed E-state index contributed by atoms with van der Waals surface area (Å²) < 4.78 is 5.28. The number of hydrogen-bond donors (Lipinski definition) is 0. The number of amides is 3. The van der Waals surface area contributed by atoms with Crippen LogP contribution in [0.4, 0.5) is 5.69 Å². The van der Waals surface area contributed by atoms with Crippen molar-refractivity contribution in [2.45, 2.75) is 26.2 Å². The first kappa shape index (κ1) is 17.2. The van der Waals surface area contributed by atoms with E-state index in [2.05, 4.69) is 0 Å². The summed E-state index contributed by atoms with van der Waals surface area (Å²) in [5, 5.41) is 0. The summed E-state index contributed by atoms with van der Waals surface area (Å²) in [6, 6.07) is 10.7. The second-order valence-corrected chi connectivity index (χ2v) is 8.18. The molecule has 2 aromatic rings. The van der Waals surface area contributed by atoms with E-state index in [1.54, 1.807) is 12.1 Å². The summed E-state index contributed by atoms with van der Waals surface area (Å²) in [6.45, 7) is 1.89. The Hall–Kier alpha value is -2.89. The first-order chi connectivity index (χ1) is 13.5. The van der Waals surface area contributed by atoms with Crippen LogP contribution in [-0.4, -0.2) is 29.3 Å². The molecule has 28 heavy (non-hydrogen) atoms. The van der Waals surface area contributed by atoms with Crippen LogP contribution in [0.3, 0.4) is 0 Å². The third-order valence-electron chi connectivity index (χ3n) is 6.62. The maximum atomic E-state index is 13.1. The number of hydrogen-bond acceptors (Lipinski definition) is 4. The highest BCUT2D eigenvalue weighted by Gasteiger charge is 2.61. The van der Waals surface area contributed by atoms with Gasteiger partial charge in [-0.1, -0.05) is 17.7 Å². The fraction of sp³-hybridized carbons (Fsp3) is 0.409. The van der Waals surface area contributed by atoms with E-state index in [-0.39, 0.29) is 42.0 Å². The summed E-state index contributed by atoms with van der Waals surface area (Å²) >= 11 is 0. The summed E-state index contributed by atoms with van der Waals surface area (Å²) in [7, 11) is 0. The Morgan fingerprint density at radius 2 is 1.71 bits per heavy atom. The highest BCUT2D eigenvalue weighted by atomic mass is 16.3. The van der Waals surface area contributed by atoms with Gasteiger partial charge < -0.3 is 4.42 Å². The minimum absolute atomic E-state index is 0.0767. The van der Waals surface area contributed by atoms with Gasteiger partial charge in [-0.15, -0.1) is 0 Å². The quantitative estimate of drug-likeness (QED) is 0.766. The van der Waals surface area contributed by atoms with Gasteiger partial charge >= 0.3 is 0 Å². The zero-order chi connectivity index (χ0) is 19.4. The Morgan fingerprint density at radius 1 is 1.07 bits per heavy atom. The molecular weight excluding hydrogens is 356 g/mol. The van der Waals surface area contributed by atoms with Crippen molar-refractivity contribution in [1.29, 1.82) is 0 Å². The number of furan rings is 1. The average molecular weight is 378 g/mol. The average Bonchev–Trinajstić information content (AvgIpc) is 3.47. The fourth-order valence-electron chi connectivity index (χ4n) is 5.27. The van der Waals surface area contributed by atoms with Gasteiger partial charge in [0.2, 0.25) is 11.8 Å². The number of aryl methyl sites for hydroxylation is 1. The Bertz CT molecular complexity index is 906. The highest BCUT2D eigenvalue weighted by Crippen LogP contribution is 2.56. The van der Waals surface area contributed by atoms with Gasteiger partial charge in [-0.25, -0.2) is 0 Å². The van der Waals surface area contributed by atoms with Crippen LogP contribution in [-0.2, 0) is 9.59 Å². The molecule has 1 aromatic carbocycles. The minimum atomic E-state index is -0.366. The van der Waals surface area contributed by atoms with Gasteiger partial charge in [-0.05, 0) is 62.3 Å². The number of fused-ring (bicyclic) bond motifs is 5. The van der Waals surface area contributed by atoms with Crippen LogP contribution >= 0.6 is 0 Å². The van der Waals surface area contributed by atoms with E-state index in [1.165, 1.54) is 16.1 Å². The highest BCUT2D eigenvalue weighted by molar-refractivity contribution is 6.09. The predicted molar refractivity (Wildman–Crippen MR) is 101 cm³/mol. The Balaban J connectivity index is 1.47. The molecule has 1 saturated heterocycles. The van der Waals surface area contributed by atoms with Crippen LogP contribution in [0.25, 0.3) is 0 Å². The van der Waals surface area contributed by atoms with Crippen molar-refractivity contribution in [3.05, 3.63) is 54.0 Å². The molecule has 5 rings (SSSR count). The SMILES string of the molecule is Cc1ccc(N(CN2C(=O)[C@H]3[C@H]4CC[C@@H](C4)[C@@H]3C2=O)C(=O)c2ccco2)cc1. The molecule has 0 spiro atoms. The zero-order valence-electron chi connectivity index (χ0n) is 15.7. The molecule has 3 aliphatic rings. The topological polar surface area (TPSA) is 70.8 Å². The van der Waals surface area contributed by atoms with E-state index in [1.807, 2.05) is 31.2 Å². The molecule has 6 nitrogen and oxygen atoms in total. The maximum Gasteiger partial charge on any atom is 0.295 e. The second-order valence-electron chi connectivity index (χ2n) is 8.18. The minimum Gasteiger partial charge on any atom is -0.459 e. The van der Waals surface area contributed by atoms with Crippen molar-refractivity contribution in [3.63, 3.8) is 0 Å². The summed E-state index contributed by atoms with van der Waals surface area (Å²) in [6.07, 6.45) is 4.50. The Kier molecular flexibility index (Phi) is 3.89. The van der Waals surface area contributed by atoms with Gasteiger partial charge in [0.15, 0.2) is 5.76 Å². The first-order valence-corrected chi connectivity index (χ1v) is 9.82. The van der Waals surface area contributed by atoms with Crippen molar-refractivity contribution < 1.29 is 18.8 Å². The van der Waals surface area contributed by atoms with Crippen LogP contribution in [0, 0.1) is 30.6 Å². The van der Waals surface area contributed by atoms with E-state index in [0.717, 1.165) is 24.8 Å². The summed E-state index contributed by atoms with van der Waals surface area (Å²) in [5.74, 6) is -0.155. The molecule has 4 atom stereocenters. The van der Waals surface area contributed by atoms with Crippen LogP contribution in [0.15, 0.2) is 47.1 Å². The molecule has 3 fully saturated rings. The fourth-order valence-corrected chi connectivity index (χ4v) is 5.27. The van der Waals surface area contributed by atoms with Crippen molar-refractivity contribution in [2.24, 2.45) is 23.7 Å². The molecule has 0 N–H and O–H groups in total. The number of likely N-dealkylation sites (tertiary alicyclic amines) is 1. The second kappa shape index (κ2) is 6.33. The predicted octanol–water partition coefficient (Wildman–Crippen LogP) is 3.22. The third kappa shape index (κ3) is 2.51. The van der Waals surface area contributed by atoms with Gasteiger partial charge in [0.1, 0.15) is 6.67 Å². The first-order valence-electron chi connectivity index (χ1n) is 9.82. The normalized spacial score (nSPS) is 28.1. The van der Waals surface area contributed by atoms with E-state index >= 15 is 0 Å². The van der Waals surface area contributed by atoms with Crippen molar-refractivity contribution >= 4 is 23.4 Å². The van der Waals surface area contributed by atoms with E-state index in [0.29, 0.717) is 17.5 Å². The molecule has 1 aromatic heterocycles. The Morgan fingerprint density at radius 3 is 2.29 bits per heavy atom. The van der Waals surface area contributed by atoms with E-state index in [4.69, 9.17) is 4.42 Å². The molecule has 2 aliphatic carbocycles. The number of carbonyl (C=O) groups excluding carboxylic acids is 3. The van der Waals surface area contributed by atoms with Gasteiger partial charge in [-0.2, -0.15) is 0 Å². The van der Waals surface area contributed by atoms with Gasteiger partial charge in [0, 0.05) is 5.69 Å². The molecule has 6 heteroatoms. The molecule has 2 saturated carbocycles. The number of benzene rings is 1. The van der Waals surface area contributed by atoms with E-state index < -0.39 is 0 Å².